The number of hydrogen-bond donors (Lipinski definition) is 0. The van der Waals surface area contributed by atoms with Crippen molar-refractivity contribution in [3.8, 4) is 33.8 Å². The fraction of sp³-hybridized carbons (Fsp3) is 0.156. The Morgan fingerprint density at radius 3 is 2.33 bits per heavy atom. The summed E-state index contributed by atoms with van der Waals surface area (Å²) in [4.78, 5) is 12.9. The number of hydrogen-bond acceptors (Lipinski definition) is 3. The minimum Gasteiger partial charge on any atom is -0.318 e. The van der Waals surface area contributed by atoms with Crippen molar-refractivity contribution in [2.24, 2.45) is 0 Å². The van der Waals surface area contributed by atoms with Crippen LogP contribution in [-0.4, -0.2) is 15.0 Å². The van der Waals surface area contributed by atoms with E-state index in [1.807, 2.05) is 36.5 Å². The van der Waals surface area contributed by atoms with Gasteiger partial charge in [0, 0.05) is 46.1 Å². The minimum atomic E-state index is -2.24. The first-order valence-corrected chi connectivity index (χ1v) is 11.3. The van der Waals surface area contributed by atoms with E-state index < -0.39 is 13.7 Å². The summed E-state index contributed by atoms with van der Waals surface area (Å²) in [5, 5.41) is 0. The first-order valence-electron chi connectivity index (χ1n) is 14.3. The van der Waals surface area contributed by atoms with Gasteiger partial charge < -0.3 is 9.97 Å². The molecular formula is C32H27IrN3-2. The third-order valence-corrected chi connectivity index (χ3v) is 6.15. The third kappa shape index (κ3) is 5.06. The van der Waals surface area contributed by atoms with Crippen LogP contribution in [0.25, 0.3) is 33.8 Å². The molecule has 2 aromatic carbocycles. The van der Waals surface area contributed by atoms with Gasteiger partial charge in [-0.1, -0.05) is 56.3 Å². The zero-order valence-electron chi connectivity index (χ0n) is 25.8. The van der Waals surface area contributed by atoms with Gasteiger partial charge in [-0.2, -0.15) is 12.1 Å². The van der Waals surface area contributed by atoms with Crippen LogP contribution in [-0.2, 0) is 25.5 Å². The van der Waals surface area contributed by atoms with E-state index in [4.69, 9.17) is 8.22 Å². The van der Waals surface area contributed by atoms with Gasteiger partial charge in [-0.15, -0.1) is 42.0 Å². The van der Waals surface area contributed by atoms with Crippen LogP contribution >= 0.6 is 0 Å². The van der Waals surface area contributed by atoms with Crippen LogP contribution in [0.4, 0.5) is 0 Å². The average molecular weight is 652 g/mol. The molecule has 0 atom stereocenters. The van der Waals surface area contributed by atoms with E-state index in [-0.39, 0.29) is 36.8 Å². The summed E-state index contributed by atoms with van der Waals surface area (Å²) < 4.78 is 44.3. The number of nitrogens with zero attached hydrogens (tertiary/aromatic N) is 3. The van der Waals surface area contributed by atoms with Crippen LogP contribution in [0.15, 0.2) is 91.3 Å². The van der Waals surface area contributed by atoms with Gasteiger partial charge in [-0.05, 0) is 64.3 Å². The van der Waals surface area contributed by atoms with Crippen molar-refractivity contribution in [2.45, 2.75) is 33.0 Å². The number of aryl methyl sites for hydroxylation is 2. The second-order valence-electron chi connectivity index (χ2n) is 8.82. The van der Waals surface area contributed by atoms with E-state index >= 15 is 0 Å². The summed E-state index contributed by atoms with van der Waals surface area (Å²) in [6.07, 6.45) is 3.27. The van der Waals surface area contributed by atoms with Gasteiger partial charge in [0.1, 0.15) is 0 Å². The summed E-state index contributed by atoms with van der Waals surface area (Å²) in [6.45, 7) is 0.0540. The molecule has 36 heavy (non-hydrogen) atoms. The topological polar surface area (TPSA) is 38.7 Å². The maximum atomic E-state index is 7.54. The minimum absolute atomic E-state index is 0. The van der Waals surface area contributed by atoms with E-state index in [2.05, 4.69) is 59.1 Å². The van der Waals surface area contributed by atoms with Crippen molar-refractivity contribution < 1.29 is 28.3 Å². The molecule has 1 radical (unpaired) electrons. The van der Waals surface area contributed by atoms with Crippen LogP contribution < -0.4 is 0 Å². The predicted octanol–water partition coefficient (Wildman–Crippen LogP) is 7.41. The van der Waals surface area contributed by atoms with Crippen LogP contribution in [0, 0.1) is 25.8 Å². The predicted molar refractivity (Wildman–Crippen MR) is 142 cm³/mol. The van der Waals surface area contributed by atoms with Gasteiger partial charge in [-0.25, -0.2) is 0 Å². The van der Waals surface area contributed by atoms with Gasteiger partial charge in [-0.3, -0.25) is 4.98 Å². The van der Waals surface area contributed by atoms with Crippen LogP contribution in [0.5, 0.6) is 0 Å². The van der Waals surface area contributed by atoms with Crippen LogP contribution in [0.1, 0.15) is 44.5 Å². The molecule has 0 saturated carbocycles. The molecule has 6 rings (SSSR count). The molecule has 0 bridgehead atoms. The number of benzene rings is 2. The van der Waals surface area contributed by atoms with Crippen molar-refractivity contribution in [3.05, 3.63) is 126 Å². The monoisotopic (exact) mass is 652 g/mol. The Kier molecular flexibility index (Phi) is 5.55. The summed E-state index contributed by atoms with van der Waals surface area (Å²) in [5.41, 5.74) is 7.66. The summed E-state index contributed by atoms with van der Waals surface area (Å²) in [7, 11) is 0. The molecule has 3 heterocycles. The number of rotatable bonds is 2. The van der Waals surface area contributed by atoms with Crippen molar-refractivity contribution in [1.82, 2.24) is 15.0 Å². The molecule has 0 unspecified atom stereocenters. The Bertz CT molecular complexity index is 1680. The maximum absolute atomic E-state index is 7.54. The fourth-order valence-electron chi connectivity index (χ4n) is 4.34. The first-order chi connectivity index (χ1) is 19.4. The quantitative estimate of drug-likeness (QED) is 0.187. The van der Waals surface area contributed by atoms with Crippen molar-refractivity contribution >= 4 is 0 Å². The third-order valence-electron chi connectivity index (χ3n) is 6.15. The second-order valence-corrected chi connectivity index (χ2v) is 8.82. The molecule has 0 amide bonds. The van der Waals surface area contributed by atoms with Gasteiger partial charge >= 0.3 is 0 Å². The van der Waals surface area contributed by atoms with Gasteiger partial charge in [0.2, 0.25) is 0 Å². The van der Waals surface area contributed by atoms with Crippen molar-refractivity contribution in [2.75, 3.05) is 0 Å². The Morgan fingerprint density at radius 2 is 1.58 bits per heavy atom. The molecule has 4 heteroatoms. The molecule has 0 saturated heterocycles. The zero-order valence-corrected chi connectivity index (χ0v) is 22.2. The Labute approximate surface area is 235 Å². The van der Waals surface area contributed by atoms with Gasteiger partial charge in [0.15, 0.2) is 0 Å². The molecule has 0 fully saturated rings. The molecule has 1 aliphatic rings. The molecule has 0 spiro atoms. The molecule has 1 aliphatic carbocycles. The Morgan fingerprint density at radius 1 is 0.750 bits per heavy atom. The number of fused-ring (bicyclic) bond motifs is 3. The smallest absolute Gasteiger partial charge is 0.0284 e. The summed E-state index contributed by atoms with van der Waals surface area (Å²) in [6, 6.07) is 30.2. The molecule has 0 aliphatic heterocycles. The van der Waals surface area contributed by atoms with Crippen LogP contribution in [0.2, 0.25) is 0 Å². The molecule has 3 aromatic heterocycles. The standard InChI is InChI=1S/C20H17N2.C12H10N.Ir/c1-13-7-6-10-18(22-13)19-11-15-14-8-4-5-9-16(14)20(2,3)17(15)12-21-19;1-10-7-8-12(13-9-10)11-5-3-2-4-6-11;/h4-9,11-12H,1-3H3;2-5,7-9H,1H3;/q2*-1;/i2*1D3;. The molecule has 181 valence electrons. The fourth-order valence-corrected chi connectivity index (χ4v) is 4.34. The molecule has 5 aromatic rings. The van der Waals surface area contributed by atoms with Gasteiger partial charge in [0.05, 0.1) is 0 Å². The normalized spacial score (nSPS) is 15.6. The second kappa shape index (κ2) is 10.7. The van der Waals surface area contributed by atoms with Crippen molar-refractivity contribution in [1.29, 1.82) is 0 Å². The van der Waals surface area contributed by atoms with Crippen LogP contribution in [0.3, 0.4) is 0 Å². The SMILES string of the molecule is [2H]C([2H])([2H])c1cc[c-]c(-c2cc3c(cn2)C(C)(C)c2ccccc2-3)n1.[2H]C([2H])([2H])c1ccc(-c2[c-]cccc2)nc1.[Ir]. The zero-order chi connectivity index (χ0) is 29.4. The molecular weight excluding hydrogens is 619 g/mol. The molecule has 0 N–H and O–H groups in total. The summed E-state index contributed by atoms with van der Waals surface area (Å²) >= 11 is 0. The first kappa shape index (κ1) is 18.8. The van der Waals surface area contributed by atoms with E-state index in [1.54, 1.807) is 24.3 Å². The van der Waals surface area contributed by atoms with E-state index in [9.17, 15) is 0 Å². The Hall–Kier alpha value is -3.46. The van der Waals surface area contributed by atoms with Crippen molar-refractivity contribution in [3.63, 3.8) is 0 Å². The molecule has 3 nitrogen and oxygen atoms in total. The van der Waals surface area contributed by atoms with Gasteiger partial charge in [0.25, 0.3) is 0 Å². The number of aromatic nitrogens is 3. The van der Waals surface area contributed by atoms with E-state index in [0.717, 1.165) is 16.8 Å². The number of pyridine rings is 3. The summed E-state index contributed by atoms with van der Waals surface area (Å²) in [5.74, 6) is 0. The largest absolute Gasteiger partial charge is 0.318 e. The average Bonchev–Trinajstić information content (AvgIpc) is 3.19. The van der Waals surface area contributed by atoms with E-state index in [0.29, 0.717) is 11.4 Å². The van der Waals surface area contributed by atoms with E-state index in [1.165, 1.54) is 29.0 Å². The maximum Gasteiger partial charge on any atom is 0.0284 e. The Balaban J connectivity index is 0.000000207.